The van der Waals surface area contributed by atoms with Gasteiger partial charge < -0.3 is 9.47 Å². The lowest BCUT2D eigenvalue weighted by Crippen LogP contribution is -2.10. The minimum atomic E-state index is -0.119. The normalized spacial score (nSPS) is 20.1. The van der Waals surface area contributed by atoms with Crippen LogP contribution >= 0.6 is 0 Å². The molecule has 1 aliphatic rings. The highest BCUT2D eigenvalue weighted by atomic mass is 16.5. The van der Waals surface area contributed by atoms with Crippen LogP contribution in [0.2, 0.25) is 0 Å². The molecule has 1 fully saturated rings. The summed E-state index contributed by atoms with van der Waals surface area (Å²) in [6, 6.07) is 17.3. The molecule has 2 aromatic rings. The zero-order valence-electron chi connectivity index (χ0n) is 15.9. The van der Waals surface area contributed by atoms with Crippen molar-refractivity contribution in [1.82, 2.24) is 0 Å². The van der Waals surface area contributed by atoms with Gasteiger partial charge in [-0.1, -0.05) is 50.3 Å². The third kappa shape index (κ3) is 4.21. The molecule has 0 bridgehead atoms. The zero-order valence-corrected chi connectivity index (χ0v) is 15.9. The molecule has 0 aliphatic heterocycles. The maximum atomic E-state index is 12.5. The first-order chi connectivity index (χ1) is 12.4. The summed E-state index contributed by atoms with van der Waals surface area (Å²) in [5.41, 5.74) is 0.899. The number of hydrogen-bond donors (Lipinski definition) is 0. The van der Waals surface area contributed by atoms with Crippen molar-refractivity contribution >= 4 is 21.7 Å². The quantitative estimate of drug-likeness (QED) is 0.596. The highest BCUT2D eigenvalue weighted by molar-refractivity contribution is 6.48. The van der Waals surface area contributed by atoms with Crippen molar-refractivity contribution in [3.63, 3.8) is 0 Å². The van der Waals surface area contributed by atoms with Crippen molar-refractivity contribution in [2.45, 2.75) is 20.5 Å². The molecule has 0 saturated heterocycles. The van der Waals surface area contributed by atoms with Crippen LogP contribution in [0.5, 0.6) is 11.5 Å². The summed E-state index contributed by atoms with van der Waals surface area (Å²) < 4.78 is 11.4. The van der Waals surface area contributed by atoms with E-state index in [1.54, 1.807) is 0 Å². The van der Waals surface area contributed by atoms with E-state index in [2.05, 4.69) is 35.6 Å². The topological polar surface area (TPSA) is 35.5 Å². The number of ether oxygens (including phenoxy) is 2. The number of allylic oxidation sites excluding steroid dienone is 1. The number of esters is 1. The number of hydrogen-bond acceptors (Lipinski definition) is 3. The van der Waals surface area contributed by atoms with E-state index >= 15 is 0 Å². The predicted octanol–water partition coefficient (Wildman–Crippen LogP) is 2.90. The summed E-state index contributed by atoms with van der Waals surface area (Å²) in [6.45, 7) is 4.51. The fourth-order valence-electron chi connectivity index (χ4n) is 3.37. The van der Waals surface area contributed by atoms with Crippen molar-refractivity contribution in [3.8, 4) is 11.5 Å². The number of benzene rings is 2. The van der Waals surface area contributed by atoms with Crippen molar-refractivity contribution in [1.29, 1.82) is 0 Å². The van der Waals surface area contributed by atoms with Crippen molar-refractivity contribution in [2.24, 2.45) is 17.3 Å². The Labute approximate surface area is 157 Å². The van der Waals surface area contributed by atoms with E-state index in [4.69, 9.17) is 9.47 Å². The van der Waals surface area contributed by atoms with Crippen LogP contribution in [-0.2, 0) is 16.1 Å². The molecule has 1 saturated carbocycles. The average molecular weight is 346 g/mol. The van der Waals surface area contributed by atoms with Gasteiger partial charge in [0.15, 0.2) is 0 Å². The lowest BCUT2D eigenvalue weighted by molar-refractivity contribution is -0.147. The summed E-state index contributed by atoms with van der Waals surface area (Å²) in [5, 5.41) is 1.24. The largest absolute Gasteiger partial charge is 0.461 e. The molecule has 2 aromatic carbocycles. The molecule has 0 amide bonds. The first kappa shape index (κ1) is 18.4. The Hall–Kier alpha value is -2.42. The highest BCUT2D eigenvalue weighted by Gasteiger charge is 2.61. The molecule has 0 aromatic heterocycles. The van der Waals surface area contributed by atoms with E-state index in [1.807, 2.05) is 54.6 Å². The third-order valence-corrected chi connectivity index (χ3v) is 4.94. The van der Waals surface area contributed by atoms with Crippen LogP contribution in [0.25, 0.3) is 0 Å². The van der Waals surface area contributed by atoms with E-state index in [0.717, 1.165) is 17.1 Å². The van der Waals surface area contributed by atoms with Gasteiger partial charge in [0.25, 0.3) is 0 Å². The maximum Gasteiger partial charge on any atom is 0.310 e. The Balaban J connectivity index is 1.59. The Morgan fingerprint density at radius 1 is 1.08 bits per heavy atom. The molecule has 26 heavy (non-hydrogen) atoms. The van der Waals surface area contributed by atoms with Gasteiger partial charge in [-0.25, -0.2) is 0 Å². The van der Waals surface area contributed by atoms with E-state index in [1.165, 1.54) is 5.37 Å². The number of para-hydroxylation sites is 1. The first-order valence-electron chi connectivity index (χ1n) is 9.01. The van der Waals surface area contributed by atoms with Gasteiger partial charge in [-0.2, -0.15) is 0 Å². The average Bonchev–Trinajstić information content (AvgIpc) is 3.13. The monoisotopic (exact) mass is 346 g/mol. The zero-order chi connectivity index (χ0) is 18.7. The summed E-state index contributed by atoms with van der Waals surface area (Å²) in [5.74, 6) is 1.62. The second kappa shape index (κ2) is 7.45. The van der Waals surface area contributed by atoms with Crippen LogP contribution < -0.4 is 4.74 Å². The van der Waals surface area contributed by atoms with E-state index < -0.39 is 0 Å². The van der Waals surface area contributed by atoms with E-state index in [9.17, 15) is 4.79 Å². The smallest absolute Gasteiger partial charge is 0.310 e. The predicted molar refractivity (Wildman–Crippen MR) is 109 cm³/mol. The SMILES string of the molecule is BC(B)=CC1C(C(=O)OCc2cccc(Oc3ccccc3)c2)C1(C)C. The van der Waals surface area contributed by atoms with E-state index in [-0.39, 0.29) is 29.8 Å². The van der Waals surface area contributed by atoms with Gasteiger partial charge >= 0.3 is 5.97 Å². The van der Waals surface area contributed by atoms with Gasteiger partial charge in [-0.15, -0.1) is 5.37 Å². The number of carbonyl (C=O) groups is 1. The summed E-state index contributed by atoms with van der Waals surface area (Å²) in [4.78, 5) is 12.5. The van der Waals surface area contributed by atoms with Gasteiger partial charge in [0, 0.05) is 0 Å². The standard InChI is InChI=1S/C21H24B2O3/c1-21(2)17(12-18(22)23)19(21)20(24)25-13-14-7-6-10-16(11-14)26-15-8-4-3-5-9-15/h3-12,17,19H,13,22-23H2,1-2H3. The molecule has 0 N–H and O–H groups in total. The van der Waals surface area contributed by atoms with Crippen LogP contribution in [0, 0.1) is 17.3 Å². The van der Waals surface area contributed by atoms with Gasteiger partial charge in [0.2, 0.25) is 0 Å². The van der Waals surface area contributed by atoms with Crippen LogP contribution in [0.1, 0.15) is 19.4 Å². The first-order valence-corrected chi connectivity index (χ1v) is 9.01. The molecule has 0 radical (unpaired) electrons. The highest BCUT2D eigenvalue weighted by Crippen LogP contribution is 2.59. The van der Waals surface area contributed by atoms with Gasteiger partial charge in [-0.3, -0.25) is 4.79 Å². The summed E-state index contributed by atoms with van der Waals surface area (Å²) >= 11 is 0. The van der Waals surface area contributed by atoms with Crippen LogP contribution in [0.3, 0.4) is 0 Å². The van der Waals surface area contributed by atoms with Crippen LogP contribution in [-0.4, -0.2) is 21.7 Å². The van der Waals surface area contributed by atoms with Gasteiger partial charge in [-0.05, 0) is 41.2 Å². The lowest BCUT2D eigenvalue weighted by atomic mass is 9.77. The molecule has 0 heterocycles. The van der Waals surface area contributed by atoms with Gasteiger partial charge in [0.1, 0.15) is 33.8 Å². The molecule has 2 atom stereocenters. The molecular formula is C21H24B2O3. The van der Waals surface area contributed by atoms with Crippen LogP contribution in [0.4, 0.5) is 0 Å². The molecule has 2 unspecified atom stereocenters. The molecular weight excluding hydrogens is 322 g/mol. The Kier molecular flexibility index (Phi) is 5.26. The lowest BCUT2D eigenvalue weighted by Gasteiger charge is -2.09. The fourth-order valence-corrected chi connectivity index (χ4v) is 3.37. The number of carbonyl (C=O) groups excluding carboxylic acids is 1. The molecule has 3 rings (SSSR count). The van der Waals surface area contributed by atoms with Gasteiger partial charge in [0.05, 0.1) is 5.92 Å². The van der Waals surface area contributed by atoms with Crippen molar-refractivity contribution in [2.75, 3.05) is 0 Å². The minimum Gasteiger partial charge on any atom is -0.461 e. The number of rotatable bonds is 6. The third-order valence-electron chi connectivity index (χ3n) is 4.94. The molecule has 132 valence electrons. The Morgan fingerprint density at radius 2 is 1.77 bits per heavy atom. The second-order valence-corrected chi connectivity index (χ2v) is 7.74. The molecule has 0 spiro atoms. The fraction of sp³-hybridized carbons (Fsp3) is 0.286. The Bertz CT molecular complexity index is 811. The molecule has 3 nitrogen and oxygen atoms in total. The molecule has 1 aliphatic carbocycles. The second-order valence-electron chi connectivity index (χ2n) is 7.74. The summed E-state index contributed by atoms with van der Waals surface area (Å²) in [7, 11) is 4.13. The maximum absolute atomic E-state index is 12.5. The van der Waals surface area contributed by atoms with Crippen molar-refractivity contribution < 1.29 is 14.3 Å². The summed E-state index contributed by atoms with van der Waals surface area (Å²) in [6.07, 6.45) is 2.18. The Morgan fingerprint density at radius 3 is 2.46 bits per heavy atom. The van der Waals surface area contributed by atoms with Crippen LogP contribution in [0.15, 0.2) is 66.0 Å². The van der Waals surface area contributed by atoms with E-state index in [0.29, 0.717) is 0 Å². The minimum absolute atomic E-state index is 0.0212. The molecule has 5 heteroatoms. The van der Waals surface area contributed by atoms with Crippen molar-refractivity contribution in [3.05, 3.63) is 71.6 Å².